The third kappa shape index (κ3) is 4.80. The first-order valence-corrected chi connectivity index (χ1v) is 7.22. The maximum atomic E-state index is 11.9. The maximum absolute atomic E-state index is 11.9. The lowest BCUT2D eigenvalue weighted by molar-refractivity contribution is -0.120. The van der Waals surface area contributed by atoms with Crippen LogP contribution in [0, 0.1) is 11.8 Å². The Kier molecular flexibility index (Phi) is 5.93. The van der Waals surface area contributed by atoms with Crippen LogP contribution in [0.15, 0.2) is 5.16 Å². The van der Waals surface area contributed by atoms with Crippen molar-refractivity contribution >= 4 is 23.7 Å². The topological polar surface area (TPSA) is 116 Å². The third-order valence-electron chi connectivity index (χ3n) is 2.38. The van der Waals surface area contributed by atoms with Crippen LogP contribution in [0.4, 0.5) is 4.79 Å². The lowest BCUT2D eigenvalue weighted by Gasteiger charge is -2.18. The summed E-state index contributed by atoms with van der Waals surface area (Å²) in [6, 6.07) is -0.858. The van der Waals surface area contributed by atoms with E-state index in [9.17, 15) is 9.59 Å². The van der Waals surface area contributed by atoms with E-state index in [1.165, 1.54) is 11.8 Å². The number of thioether (sulfide) groups is 1. The van der Waals surface area contributed by atoms with Gasteiger partial charge in [0.15, 0.2) is 0 Å². The highest BCUT2D eigenvalue weighted by Crippen LogP contribution is 2.26. The molecule has 9 heteroatoms. The van der Waals surface area contributed by atoms with Gasteiger partial charge in [-0.25, -0.2) is 9.48 Å². The van der Waals surface area contributed by atoms with E-state index in [2.05, 4.69) is 34.7 Å². The van der Waals surface area contributed by atoms with Gasteiger partial charge in [0.2, 0.25) is 11.1 Å². The second-order valence-electron chi connectivity index (χ2n) is 5.17. The normalized spacial score (nSPS) is 12.7. The first-order chi connectivity index (χ1) is 9.31. The molecule has 0 spiro atoms. The van der Waals surface area contributed by atoms with Gasteiger partial charge in [-0.3, -0.25) is 10.1 Å². The second kappa shape index (κ2) is 7.22. The van der Waals surface area contributed by atoms with Crippen molar-refractivity contribution in [2.24, 2.45) is 17.6 Å². The number of nitrogens with zero attached hydrogens (tertiary/aromatic N) is 4. The molecule has 0 aliphatic heterocycles. The van der Waals surface area contributed by atoms with E-state index in [1.807, 2.05) is 13.8 Å². The highest BCUT2D eigenvalue weighted by Gasteiger charge is 2.27. The Labute approximate surface area is 121 Å². The van der Waals surface area contributed by atoms with Gasteiger partial charge in [-0.05, 0) is 22.3 Å². The number of tetrazole rings is 1. The first kappa shape index (κ1) is 16.4. The Hall–Kier alpha value is -1.64. The van der Waals surface area contributed by atoms with E-state index in [0.717, 1.165) is 0 Å². The summed E-state index contributed by atoms with van der Waals surface area (Å²) >= 11 is 1.23. The summed E-state index contributed by atoms with van der Waals surface area (Å²) in [5.41, 5.74) is 4.97. The smallest absolute Gasteiger partial charge is 0.318 e. The molecule has 3 amide bonds. The highest BCUT2D eigenvalue weighted by atomic mass is 32.2. The first-order valence-electron chi connectivity index (χ1n) is 6.34. The number of amides is 3. The lowest BCUT2D eigenvalue weighted by Crippen LogP contribution is -2.42. The molecule has 0 aliphatic carbocycles. The number of nitrogens with one attached hydrogen (secondary N) is 1. The molecular formula is C11H20N6O2S. The van der Waals surface area contributed by atoms with Crippen molar-refractivity contribution in [1.82, 2.24) is 25.5 Å². The molecule has 0 saturated carbocycles. The third-order valence-corrected chi connectivity index (χ3v) is 3.90. The van der Waals surface area contributed by atoms with E-state index >= 15 is 0 Å². The SMILES string of the molecule is CC(C)Cn1nnnc1S[C@H](C(=O)NC(N)=O)C(C)C. The van der Waals surface area contributed by atoms with Crippen LogP contribution in [0.5, 0.6) is 0 Å². The van der Waals surface area contributed by atoms with Gasteiger partial charge in [-0.2, -0.15) is 0 Å². The van der Waals surface area contributed by atoms with Crippen molar-refractivity contribution in [3.63, 3.8) is 0 Å². The number of imide groups is 1. The molecule has 1 rings (SSSR count). The molecule has 3 N–H and O–H groups in total. The summed E-state index contributed by atoms with van der Waals surface area (Å²) < 4.78 is 1.66. The Morgan fingerprint density at radius 3 is 2.50 bits per heavy atom. The lowest BCUT2D eigenvalue weighted by atomic mass is 10.1. The minimum absolute atomic E-state index is 0.00329. The van der Waals surface area contributed by atoms with Crippen LogP contribution in [-0.2, 0) is 11.3 Å². The van der Waals surface area contributed by atoms with Crippen LogP contribution in [0.2, 0.25) is 0 Å². The average Bonchev–Trinajstić information content (AvgIpc) is 2.70. The van der Waals surface area contributed by atoms with Crippen LogP contribution in [0.1, 0.15) is 27.7 Å². The molecule has 0 aliphatic rings. The summed E-state index contributed by atoms with van der Waals surface area (Å²) in [7, 11) is 0. The summed E-state index contributed by atoms with van der Waals surface area (Å²) in [6.07, 6.45) is 0. The van der Waals surface area contributed by atoms with E-state index in [-0.39, 0.29) is 5.92 Å². The van der Waals surface area contributed by atoms with Crippen LogP contribution >= 0.6 is 11.8 Å². The average molecular weight is 300 g/mol. The Bertz CT molecular complexity index is 473. The molecule has 1 aromatic heterocycles. The quantitative estimate of drug-likeness (QED) is 0.745. The summed E-state index contributed by atoms with van der Waals surface area (Å²) in [6.45, 7) is 8.53. The summed E-state index contributed by atoms with van der Waals surface area (Å²) in [5, 5.41) is 13.6. The zero-order chi connectivity index (χ0) is 15.3. The van der Waals surface area contributed by atoms with E-state index in [0.29, 0.717) is 17.6 Å². The molecule has 0 unspecified atom stereocenters. The molecule has 0 saturated heterocycles. The van der Waals surface area contributed by atoms with Crippen molar-refractivity contribution in [2.45, 2.75) is 44.6 Å². The van der Waals surface area contributed by atoms with Crippen LogP contribution in [0.25, 0.3) is 0 Å². The number of hydrogen-bond acceptors (Lipinski definition) is 6. The molecule has 0 aromatic carbocycles. The molecule has 1 aromatic rings. The summed E-state index contributed by atoms with van der Waals surface area (Å²) in [4.78, 5) is 22.7. The van der Waals surface area contributed by atoms with Crippen molar-refractivity contribution in [3.8, 4) is 0 Å². The molecule has 0 bridgehead atoms. The molecular weight excluding hydrogens is 280 g/mol. The van der Waals surface area contributed by atoms with Crippen molar-refractivity contribution in [1.29, 1.82) is 0 Å². The predicted molar refractivity (Wildman–Crippen MR) is 74.9 cm³/mol. The minimum Gasteiger partial charge on any atom is -0.351 e. The number of nitrogens with two attached hydrogens (primary N) is 1. The van der Waals surface area contributed by atoms with Crippen molar-refractivity contribution in [3.05, 3.63) is 0 Å². The minimum atomic E-state index is -0.858. The van der Waals surface area contributed by atoms with E-state index in [4.69, 9.17) is 5.73 Å². The standard InChI is InChI=1S/C11H20N6O2S/c1-6(2)5-17-11(14-15-16-17)20-8(7(3)4)9(18)13-10(12)19/h6-8H,5H2,1-4H3,(H3,12,13,18,19)/t8-/m0/s1. The van der Waals surface area contributed by atoms with Gasteiger partial charge in [-0.1, -0.05) is 39.5 Å². The van der Waals surface area contributed by atoms with Gasteiger partial charge in [0.25, 0.3) is 0 Å². The van der Waals surface area contributed by atoms with E-state index < -0.39 is 17.2 Å². The number of hydrogen-bond donors (Lipinski definition) is 2. The van der Waals surface area contributed by atoms with E-state index in [1.54, 1.807) is 4.68 Å². The van der Waals surface area contributed by atoms with Crippen LogP contribution in [0.3, 0.4) is 0 Å². The monoisotopic (exact) mass is 300 g/mol. The fourth-order valence-corrected chi connectivity index (χ4v) is 2.52. The molecule has 0 fully saturated rings. The molecule has 1 atom stereocenters. The maximum Gasteiger partial charge on any atom is 0.318 e. The van der Waals surface area contributed by atoms with Gasteiger partial charge in [-0.15, -0.1) is 5.10 Å². The number of aromatic nitrogens is 4. The van der Waals surface area contributed by atoms with Crippen molar-refractivity contribution in [2.75, 3.05) is 0 Å². The van der Waals surface area contributed by atoms with Gasteiger partial charge < -0.3 is 5.73 Å². The van der Waals surface area contributed by atoms with Gasteiger partial charge in [0.05, 0.1) is 5.25 Å². The van der Waals surface area contributed by atoms with Crippen LogP contribution < -0.4 is 11.1 Å². The Morgan fingerprint density at radius 1 is 1.35 bits per heavy atom. The predicted octanol–water partition coefficient (Wildman–Crippen LogP) is 0.641. The second-order valence-corrected chi connectivity index (χ2v) is 6.28. The molecule has 0 radical (unpaired) electrons. The number of rotatable bonds is 6. The highest BCUT2D eigenvalue weighted by molar-refractivity contribution is 8.00. The zero-order valence-electron chi connectivity index (χ0n) is 12.0. The number of urea groups is 1. The number of primary amides is 1. The molecule has 20 heavy (non-hydrogen) atoms. The van der Waals surface area contributed by atoms with Gasteiger partial charge >= 0.3 is 6.03 Å². The zero-order valence-corrected chi connectivity index (χ0v) is 12.8. The largest absolute Gasteiger partial charge is 0.351 e. The fourth-order valence-electron chi connectivity index (χ4n) is 1.54. The Balaban J connectivity index is 2.83. The van der Waals surface area contributed by atoms with Crippen molar-refractivity contribution < 1.29 is 9.59 Å². The summed E-state index contributed by atoms with van der Waals surface area (Å²) in [5.74, 6) is -0.0463. The molecule has 8 nitrogen and oxygen atoms in total. The van der Waals surface area contributed by atoms with Gasteiger partial charge in [0.1, 0.15) is 0 Å². The Morgan fingerprint density at radius 2 is 2.00 bits per heavy atom. The fraction of sp³-hybridized carbons (Fsp3) is 0.727. The number of carbonyl (C=O) groups excluding carboxylic acids is 2. The van der Waals surface area contributed by atoms with Gasteiger partial charge in [0, 0.05) is 6.54 Å². The molecule has 112 valence electrons. The van der Waals surface area contributed by atoms with Crippen LogP contribution in [-0.4, -0.2) is 37.4 Å². The molecule has 1 heterocycles. The number of carbonyl (C=O) groups is 2.